The van der Waals surface area contributed by atoms with Gasteiger partial charge in [-0.2, -0.15) is 0 Å². The second kappa shape index (κ2) is 9.74. The Morgan fingerprint density at radius 1 is 1.19 bits per heavy atom. The van der Waals surface area contributed by atoms with Gasteiger partial charge in [0, 0.05) is 18.2 Å². The number of carbonyl (C=O) groups excluding carboxylic acids is 2. The quantitative estimate of drug-likeness (QED) is 0.345. The maximum atomic E-state index is 12.1. The molecule has 142 valence electrons. The van der Waals surface area contributed by atoms with Gasteiger partial charge in [0.25, 0.3) is 11.6 Å². The van der Waals surface area contributed by atoms with E-state index in [-0.39, 0.29) is 24.2 Å². The van der Waals surface area contributed by atoms with Gasteiger partial charge in [0.1, 0.15) is 5.75 Å². The minimum Gasteiger partial charge on any atom is -0.482 e. The van der Waals surface area contributed by atoms with Crippen molar-refractivity contribution in [2.75, 3.05) is 6.61 Å². The topological polar surface area (TPSA) is 108 Å². The lowest BCUT2D eigenvalue weighted by atomic mass is 10.1. The summed E-state index contributed by atoms with van der Waals surface area (Å²) in [7, 11) is 0. The third-order valence-electron chi connectivity index (χ3n) is 4.28. The van der Waals surface area contributed by atoms with Crippen molar-refractivity contribution in [1.29, 1.82) is 0 Å². The Morgan fingerprint density at radius 2 is 1.81 bits per heavy atom. The summed E-state index contributed by atoms with van der Waals surface area (Å²) in [5.41, 5.74) is -0.0660. The summed E-state index contributed by atoms with van der Waals surface area (Å²) in [4.78, 5) is 34.0. The van der Waals surface area contributed by atoms with Crippen LogP contribution >= 0.6 is 0 Å². The van der Waals surface area contributed by atoms with Gasteiger partial charge in [-0.1, -0.05) is 25.7 Å². The molecule has 0 radical (unpaired) electrons. The van der Waals surface area contributed by atoms with Crippen LogP contribution in [0.2, 0.25) is 0 Å². The van der Waals surface area contributed by atoms with Gasteiger partial charge in [0.05, 0.1) is 4.92 Å². The lowest BCUT2D eigenvalue weighted by molar-refractivity contribution is -0.384. The molecule has 1 aromatic carbocycles. The van der Waals surface area contributed by atoms with Gasteiger partial charge in [0.15, 0.2) is 12.7 Å². The second-order valence-electron chi connectivity index (χ2n) is 6.37. The van der Waals surface area contributed by atoms with Gasteiger partial charge in [-0.25, -0.2) is 4.79 Å². The van der Waals surface area contributed by atoms with Gasteiger partial charge < -0.3 is 14.8 Å². The number of carbonyl (C=O) groups is 2. The fraction of sp³-hybridized carbons (Fsp3) is 0.556. The van der Waals surface area contributed by atoms with Gasteiger partial charge in [-0.05, 0) is 31.9 Å². The highest BCUT2D eigenvalue weighted by molar-refractivity contribution is 5.83. The number of esters is 1. The van der Waals surface area contributed by atoms with Crippen LogP contribution in [0.5, 0.6) is 5.75 Å². The number of ether oxygens (including phenoxy) is 2. The van der Waals surface area contributed by atoms with Crippen molar-refractivity contribution < 1.29 is 24.0 Å². The third kappa shape index (κ3) is 6.34. The maximum Gasteiger partial charge on any atom is 0.344 e. The lowest BCUT2D eigenvalue weighted by Crippen LogP contribution is -2.42. The Hall–Kier alpha value is -2.64. The molecule has 1 amide bonds. The molecular weight excluding hydrogens is 340 g/mol. The van der Waals surface area contributed by atoms with Gasteiger partial charge in [-0.3, -0.25) is 14.9 Å². The molecule has 0 aromatic heterocycles. The van der Waals surface area contributed by atoms with Crippen LogP contribution in [0.3, 0.4) is 0 Å². The molecule has 8 heteroatoms. The highest BCUT2D eigenvalue weighted by atomic mass is 16.6. The van der Waals surface area contributed by atoms with E-state index in [0.29, 0.717) is 5.75 Å². The standard InChI is InChI=1S/C18H24N2O6/c1-13(18(22)19-14-6-4-2-3-5-7-14)26-17(21)12-25-16-10-8-15(9-11-16)20(23)24/h8-11,13-14H,2-7,12H2,1H3,(H,19,22)/t13-/m0/s1. The van der Waals surface area contributed by atoms with E-state index in [9.17, 15) is 19.7 Å². The zero-order valence-corrected chi connectivity index (χ0v) is 14.8. The molecule has 8 nitrogen and oxygen atoms in total. The molecule has 1 aromatic rings. The number of nitrogens with one attached hydrogen (secondary N) is 1. The van der Waals surface area contributed by atoms with Gasteiger partial charge in [0.2, 0.25) is 0 Å². The van der Waals surface area contributed by atoms with Crippen LogP contribution < -0.4 is 10.1 Å². The first-order chi connectivity index (χ1) is 12.5. The van der Waals surface area contributed by atoms with E-state index in [4.69, 9.17) is 9.47 Å². The van der Waals surface area contributed by atoms with Crippen molar-refractivity contribution in [2.45, 2.75) is 57.6 Å². The van der Waals surface area contributed by atoms with Crippen molar-refractivity contribution in [3.8, 4) is 5.75 Å². The lowest BCUT2D eigenvalue weighted by Gasteiger charge is -2.19. The second-order valence-corrected chi connectivity index (χ2v) is 6.37. The molecule has 2 rings (SSSR count). The number of nitro benzene ring substituents is 1. The number of benzene rings is 1. The normalized spacial score (nSPS) is 16.2. The first kappa shape index (κ1) is 19.7. The fourth-order valence-electron chi connectivity index (χ4n) is 2.83. The van der Waals surface area contributed by atoms with E-state index in [1.165, 1.54) is 44.0 Å². The van der Waals surface area contributed by atoms with E-state index < -0.39 is 17.0 Å². The predicted molar refractivity (Wildman–Crippen MR) is 93.8 cm³/mol. The molecule has 1 fully saturated rings. The van der Waals surface area contributed by atoms with Crippen LogP contribution in [-0.4, -0.2) is 35.6 Å². The summed E-state index contributed by atoms with van der Waals surface area (Å²) in [5, 5.41) is 13.5. The molecule has 1 saturated carbocycles. The molecule has 0 bridgehead atoms. The largest absolute Gasteiger partial charge is 0.482 e. The number of amides is 1. The van der Waals surface area contributed by atoms with E-state index in [1.807, 2.05) is 0 Å². The Morgan fingerprint density at radius 3 is 2.38 bits per heavy atom. The number of non-ortho nitro benzene ring substituents is 1. The molecular formula is C18H24N2O6. The van der Waals surface area contributed by atoms with Crippen LogP contribution in [0.15, 0.2) is 24.3 Å². The first-order valence-corrected chi connectivity index (χ1v) is 8.83. The van der Waals surface area contributed by atoms with E-state index >= 15 is 0 Å². The molecule has 0 heterocycles. The predicted octanol–water partition coefficient (Wildman–Crippen LogP) is 2.74. The number of rotatable bonds is 7. The summed E-state index contributed by atoms with van der Waals surface area (Å²) in [6, 6.07) is 5.50. The van der Waals surface area contributed by atoms with E-state index in [0.717, 1.165) is 25.7 Å². The van der Waals surface area contributed by atoms with Gasteiger partial charge in [-0.15, -0.1) is 0 Å². The average molecular weight is 364 g/mol. The van der Waals surface area contributed by atoms with Crippen molar-refractivity contribution >= 4 is 17.6 Å². The summed E-state index contributed by atoms with van der Waals surface area (Å²) >= 11 is 0. The van der Waals surface area contributed by atoms with Crippen LogP contribution in [0, 0.1) is 10.1 Å². The average Bonchev–Trinajstić information content (AvgIpc) is 2.89. The van der Waals surface area contributed by atoms with Crippen LogP contribution in [0.25, 0.3) is 0 Å². The van der Waals surface area contributed by atoms with Crippen LogP contribution in [0.1, 0.15) is 45.4 Å². The molecule has 1 N–H and O–H groups in total. The first-order valence-electron chi connectivity index (χ1n) is 8.83. The zero-order valence-electron chi connectivity index (χ0n) is 14.8. The van der Waals surface area contributed by atoms with Crippen molar-refractivity contribution in [3.63, 3.8) is 0 Å². The molecule has 1 aliphatic rings. The van der Waals surface area contributed by atoms with E-state index in [1.54, 1.807) is 0 Å². The molecule has 0 unspecified atom stereocenters. The van der Waals surface area contributed by atoms with Crippen LogP contribution in [-0.2, 0) is 14.3 Å². The highest BCUT2D eigenvalue weighted by Gasteiger charge is 2.22. The molecule has 0 saturated heterocycles. The van der Waals surface area contributed by atoms with E-state index in [2.05, 4.69) is 5.32 Å². The molecule has 0 spiro atoms. The third-order valence-corrected chi connectivity index (χ3v) is 4.28. The smallest absolute Gasteiger partial charge is 0.344 e. The van der Waals surface area contributed by atoms with Crippen molar-refractivity contribution in [2.24, 2.45) is 0 Å². The summed E-state index contributed by atoms with van der Waals surface area (Å²) < 4.78 is 10.3. The number of hydrogen-bond donors (Lipinski definition) is 1. The summed E-state index contributed by atoms with van der Waals surface area (Å²) in [6.07, 6.45) is 5.59. The summed E-state index contributed by atoms with van der Waals surface area (Å²) in [6.45, 7) is 1.15. The Balaban J connectivity index is 1.73. The van der Waals surface area contributed by atoms with Gasteiger partial charge >= 0.3 is 5.97 Å². The fourth-order valence-corrected chi connectivity index (χ4v) is 2.83. The SMILES string of the molecule is C[C@H](OC(=O)COc1ccc([N+](=O)[O-])cc1)C(=O)NC1CCCCCC1. The van der Waals surface area contributed by atoms with Crippen molar-refractivity contribution in [3.05, 3.63) is 34.4 Å². The van der Waals surface area contributed by atoms with Crippen molar-refractivity contribution in [1.82, 2.24) is 5.32 Å². The molecule has 0 aliphatic heterocycles. The number of nitro groups is 1. The monoisotopic (exact) mass is 364 g/mol. The Bertz CT molecular complexity index is 623. The minimum absolute atomic E-state index is 0.0660. The van der Waals surface area contributed by atoms with Crippen LogP contribution in [0.4, 0.5) is 5.69 Å². The molecule has 1 atom stereocenters. The number of nitrogens with zero attached hydrogens (tertiary/aromatic N) is 1. The Kier molecular flexibility index (Phi) is 7.37. The molecule has 1 aliphatic carbocycles. The minimum atomic E-state index is -0.897. The Labute approximate surface area is 152 Å². The zero-order chi connectivity index (χ0) is 18.9. The summed E-state index contributed by atoms with van der Waals surface area (Å²) in [5.74, 6) is -0.671. The number of hydrogen-bond acceptors (Lipinski definition) is 6. The molecule has 26 heavy (non-hydrogen) atoms. The maximum absolute atomic E-state index is 12.1. The highest BCUT2D eigenvalue weighted by Crippen LogP contribution is 2.18.